The van der Waals surface area contributed by atoms with Gasteiger partial charge in [0.1, 0.15) is 17.6 Å². The van der Waals surface area contributed by atoms with E-state index in [9.17, 15) is 5.11 Å². The number of halogens is 1. The largest absolute Gasteiger partial charge is 0.496 e. The molecule has 1 N–H and O–H groups in total. The number of hydrogen-bond acceptors (Lipinski definition) is 3. The molecule has 0 saturated heterocycles. The second kappa shape index (κ2) is 5.56. The quantitative estimate of drug-likeness (QED) is 0.931. The van der Waals surface area contributed by atoms with Gasteiger partial charge in [-0.3, -0.25) is 0 Å². The average Bonchev–Trinajstić information content (AvgIpc) is 2.39. The molecule has 0 radical (unpaired) electrons. The van der Waals surface area contributed by atoms with Gasteiger partial charge in [0.2, 0.25) is 0 Å². The van der Waals surface area contributed by atoms with E-state index >= 15 is 0 Å². The maximum atomic E-state index is 10.3. The van der Waals surface area contributed by atoms with Crippen LogP contribution >= 0.6 is 15.9 Å². The van der Waals surface area contributed by atoms with Crippen LogP contribution in [-0.2, 0) is 4.74 Å². The lowest BCUT2D eigenvalue weighted by Gasteiger charge is -2.21. The van der Waals surface area contributed by atoms with E-state index in [1.807, 2.05) is 24.3 Å². The van der Waals surface area contributed by atoms with Gasteiger partial charge in [-0.05, 0) is 37.1 Å². The molecule has 1 unspecified atom stereocenters. The second-order valence-corrected chi connectivity index (χ2v) is 4.80. The molecule has 0 bridgehead atoms. The molecule has 1 aliphatic heterocycles. The summed E-state index contributed by atoms with van der Waals surface area (Å²) in [6, 6.07) is 5.56. The molecule has 1 aliphatic rings. The van der Waals surface area contributed by atoms with Crippen molar-refractivity contribution in [3.63, 3.8) is 0 Å². The minimum absolute atomic E-state index is 0.618. The molecule has 1 aromatic carbocycles. The molecule has 1 heterocycles. The smallest absolute Gasteiger partial charge is 0.139 e. The molecule has 1 aromatic rings. The topological polar surface area (TPSA) is 38.7 Å². The number of ether oxygens (including phenoxy) is 2. The summed E-state index contributed by atoms with van der Waals surface area (Å²) in [5, 5.41) is 10.3. The van der Waals surface area contributed by atoms with Crippen LogP contribution in [0, 0.1) is 0 Å². The first-order valence-corrected chi connectivity index (χ1v) is 6.36. The highest BCUT2D eigenvalue weighted by Gasteiger charge is 2.20. The van der Waals surface area contributed by atoms with E-state index in [1.54, 1.807) is 7.11 Å². The Hall–Kier alpha value is -1.00. The normalized spacial score (nSPS) is 17.0. The maximum Gasteiger partial charge on any atom is 0.139 e. The third kappa shape index (κ3) is 2.82. The van der Waals surface area contributed by atoms with Crippen LogP contribution in [0.5, 0.6) is 5.75 Å². The fraction of sp³-hybridized carbons (Fsp3) is 0.385. The number of allylic oxidation sites excluding steroid dienone is 1. The third-order valence-corrected chi connectivity index (χ3v) is 3.21. The molecular formula is C13H15BrO3. The van der Waals surface area contributed by atoms with Gasteiger partial charge in [-0.15, -0.1) is 0 Å². The minimum Gasteiger partial charge on any atom is -0.496 e. The van der Waals surface area contributed by atoms with Crippen molar-refractivity contribution in [3.8, 4) is 5.75 Å². The fourth-order valence-electron chi connectivity index (χ4n) is 1.84. The zero-order valence-electron chi connectivity index (χ0n) is 9.65. The summed E-state index contributed by atoms with van der Waals surface area (Å²) in [5.74, 6) is 1.28. The number of hydrogen-bond donors (Lipinski definition) is 1. The first kappa shape index (κ1) is 12.5. The van der Waals surface area contributed by atoms with Gasteiger partial charge in [0.05, 0.1) is 13.7 Å². The molecular weight excluding hydrogens is 284 g/mol. The van der Waals surface area contributed by atoms with E-state index in [2.05, 4.69) is 15.9 Å². The van der Waals surface area contributed by atoms with E-state index in [0.29, 0.717) is 18.1 Å². The molecule has 0 amide bonds. The Kier molecular flexibility index (Phi) is 4.07. The van der Waals surface area contributed by atoms with Crippen LogP contribution in [0.3, 0.4) is 0 Å². The van der Waals surface area contributed by atoms with Gasteiger partial charge < -0.3 is 14.6 Å². The van der Waals surface area contributed by atoms with Gasteiger partial charge in [-0.2, -0.15) is 0 Å². The highest BCUT2D eigenvalue weighted by Crippen LogP contribution is 2.33. The van der Waals surface area contributed by atoms with Crippen molar-refractivity contribution in [2.24, 2.45) is 0 Å². The molecule has 0 saturated carbocycles. The molecule has 0 spiro atoms. The lowest BCUT2D eigenvalue weighted by molar-refractivity contribution is 0.0902. The van der Waals surface area contributed by atoms with Gasteiger partial charge in [-0.25, -0.2) is 0 Å². The summed E-state index contributed by atoms with van der Waals surface area (Å²) in [5.41, 5.74) is 0.718. The van der Waals surface area contributed by atoms with E-state index in [-0.39, 0.29) is 0 Å². The Balaban J connectivity index is 2.31. The monoisotopic (exact) mass is 298 g/mol. The SMILES string of the molecule is COc1ccc(Br)cc1C(O)C1=CCCCO1. The van der Waals surface area contributed by atoms with Crippen molar-refractivity contribution in [3.05, 3.63) is 40.1 Å². The fourth-order valence-corrected chi connectivity index (χ4v) is 2.22. The van der Waals surface area contributed by atoms with Gasteiger partial charge >= 0.3 is 0 Å². The number of rotatable bonds is 3. The van der Waals surface area contributed by atoms with Crippen molar-refractivity contribution < 1.29 is 14.6 Å². The Morgan fingerprint density at radius 3 is 2.94 bits per heavy atom. The number of methoxy groups -OCH3 is 1. The average molecular weight is 299 g/mol. The van der Waals surface area contributed by atoms with Crippen LogP contribution in [0.4, 0.5) is 0 Å². The van der Waals surface area contributed by atoms with Crippen molar-refractivity contribution in [2.75, 3.05) is 13.7 Å². The summed E-state index contributed by atoms with van der Waals surface area (Å²) < 4.78 is 11.6. The summed E-state index contributed by atoms with van der Waals surface area (Å²) >= 11 is 3.39. The molecule has 3 nitrogen and oxygen atoms in total. The van der Waals surface area contributed by atoms with Crippen LogP contribution in [-0.4, -0.2) is 18.8 Å². The zero-order valence-corrected chi connectivity index (χ0v) is 11.2. The molecule has 0 aromatic heterocycles. The number of aliphatic hydroxyl groups excluding tert-OH is 1. The molecule has 1 atom stereocenters. The lowest BCUT2D eigenvalue weighted by atomic mass is 10.0. The van der Waals surface area contributed by atoms with E-state index < -0.39 is 6.10 Å². The lowest BCUT2D eigenvalue weighted by Crippen LogP contribution is -2.10. The minimum atomic E-state index is -0.761. The summed E-state index contributed by atoms with van der Waals surface area (Å²) in [7, 11) is 1.59. The maximum absolute atomic E-state index is 10.3. The number of aliphatic hydroxyl groups is 1. The predicted molar refractivity (Wildman–Crippen MR) is 68.9 cm³/mol. The van der Waals surface area contributed by atoms with Crippen molar-refractivity contribution in [2.45, 2.75) is 18.9 Å². The standard InChI is InChI=1S/C13H15BrO3/c1-16-11-6-5-9(14)8-10(11)13(15)12-4-2-3-7-17-12/h4-6,8,13,15H,2-3,7H2,1H3. The molecule has 2 rings (SSSR count). The molecule has 17 heavy (non-hydrogen) atoms. The van der Waals surface area contributed by atoms with Crippen LogP contribution in [0.15, 0.2) is 34.5 Å². The van der Waals surface area contributed by atoms with Gasteiger partial charge in [0.15, 0.2) is 0 Å². The first-order valence-electron chi connectivity index (χ1n) is 5.56. The van der Waals surface area contributed by atoms with E-state index in [4.69, 9.17) is 9.47 Å². The predicted octanol–water partition coefficient (Wildman–Crippen LogP) is 3.19. The second-order valence-electron chi connectivity index (χ2n) is 3.89. The summed E-state index contributed by atoms with van der Waals surface area (Å²) in [4.78, 5) is 0. The van der Waals surface area contributed by atoms with Crippen LogP contribution in [0.2, 0.25) is 0 Å². The highest BCUT2D eigenvalue weighted by molar-refractivity contribution is 9.10. The molecule has 0 aliphatic carbocycles. The van der Waals surface area contributed by atoms with Crippen molar-refractivity contribution >= 4 is 15.9 Å². The molecule has 92 valence electrons. The van der Waals surface area contributed by atoms with Crippen LogP contribution in [0.1, 0.15) is 24.5 Å². The van der Waals surface area contributed by atoms with Crippen LogP contribution in [0.25, 0.3) is 0 Å². The first-order chi connectivity index (χ1) is 8.22. The van der Waals surface area contributed by atoms with Gasteiger partial charge in [-0.1, -0.05) is 15.9 Å². The van der Waals surface area contributed by atoms with E-state index in [1.165, 1.54) is 0 Å². The van der Waals surface area contributed by atoms with Gasteiger partial charge in [0, 0.05) is 10.0 Å². The van der Waals surface area contributed by atoms with Crippen LogP contribution < -0.4 is 4.74 Å². The van der Waals surface area contributed by atoms with Gasteiger partial charge in [0.25, 0.3) is 0 Å². The Morgan fingerprint density at radius 1 is 1.47 bits per heavy atom. The summed E-state index contributed by atoms with van der Waals surface area (Å²) in [6.45, 7) is 0.666. The highest BCUT2D eigenvalue weighted by atomic mass is 79.9. The molecule has 0 fully saturated rings. The van der Waals surface area contributed by atoms with E-state index in [0.717, 1.165) is 22.9 Å². The van der Waals surface area contributed by atoms with Crippen molar-refractivity contribution in [1.29, 1.82) is 0 Å². The summed E-state index contributed by atoms with van der Waals surface area (Å²) in [6.07, 6.45) is 3.13. The Morgan fingerprint density at radius 2 is 2.29 bits per heavy atom. The number of benzene rings is 1. The molecule has 4 heteroatoms. The Labute approximate surface area is 109 Å². The third-order valence-electron chi connectivity index (χ3n) is 2.72. The van der Waals surface area contributed by atoms with Crippen molar-refractivity contribution in [1.82, 2.24) is 0 Å². The zero-order chi connectivity index (χ0) is 12.3. The Bertz CT molecular complexity index is 429.